The third-order valence-corrected chi connectivity index (χ3v) is 5.72. The van der Waals surface area contributed by atoms with Gasteiger partial charge in [0.2, 0.25) is 11.8 Å². The predicted molar refractivity (Wildman–Crippen MR) is 139 cm³/mol. The second-order valence-electron chi connectivity index (χ2n) is 9.12. The van der Waals surface area contributed by atoms with Gasteiger partial charge in [0.25, 0.3) is 5.69 Å². The van der Waals surface area contributed by atoms with E-state index in [2.05, 4.69) is 25.7 Å². The number of halogens is 3. The Kier molecular flexibility index (Phi) is 12.2. The molecule has 2 amide bonds. The number of rotatable bonds is 14. The average Bonchev–Trinajstić information content (AvgIpc) is 2.88. The lowest BCUT2D eigenvalue weighted by Gasteiger charge is -2.19. The van der Waals surface area contributed by atoms with Crippen molar-refractivity contribution < 1.29 is 42.0 Å². The number of nitro groups is 1. The molecule has 0 saturated carbocycles. The van der Waals surface area contributed by atoms with Crippen molar-refractivity contribution in [2.24, 2.45) is 0 Å². The first-order valence-electron chi connectivity index (χ1n) is 12.6. The van der Waals surface area contributed by atoms with Crippen LogP contribution >= 0.6 is 0 Å². The third kappa shape index (κ3) is 11.6. The van der Waals surface area contributed by atoms with Gasteiger partial charge in [-0.25, -0.2) is 9.78 Å². The molecule has 1 atom stereocenters. The smallest absolute Gasteiger partial charge is 0.386 e. The Morgan fingerprint density at radius 1 is 1.05 bits per heavy atom. The summed E-state index contributed by atoms with van der Waals surface area (Å²) < 4.78 is 41.2. The van der Waals surface area contributed by atoms with Gasteiger partial charge in [-0.1, -0.05) is 18.6 Å². The van der Waals surface area contributed by atoms with E-state index >= 15 is 0 Å². The number of esters is 2. The molecule has 1 aromatic heterocycles. The number of hydrogen-bond acceptors (Lipinski definition) is 9. The number of aromatic nitrogens is 1. The van der Waals surface area contributed by atoms with Gasteiger partial charge in [0, 0.05) is 30.8 Å². The monoisotopic (exact) mass is 581 g/mol. The van der Waals surface area contributed by atoms with Crippen molar-refractivity contribution >= 4 is 35.3 Å². The van der Waals surface area contributed by atoms with E-state index in [1.54, 1.807) is 6.20 Å². The van der Waals surface area contributed by atoms with Crippen molar-refractivity contribution in [1.29, 1.82) is 0 Å². The number of carbonyl (C=O) groups is 4. The van der Waals surface area contributed by atoms with E-state index < -0.39 is 53.9 Å². The van der Waals surface area contributed by atoms with Crippen LogP contribution in [-0.4, -0.2) is 52.9 Å². The van der Waals surface area contributed by atoms with E-state index in [1.165, 1.54) is 19.1 Å². The summed E-state index contributed by atoms with van der Waals surface area (Å²) in [6, 6.07) is 6.11. The molecule has 1 aromatic carbocycles. The summed E-state index contributed by atoms with van der Waals surface area (Å²) in [5.74, 6) is -4.84. The lowest BCUT2D eigenvalue weighted by atomic mass is 10.0. The number of nitrogens with one attached hydrogen (secondary N) is 3. The predicted octanol–water partition coefficient (Wildman–Crippen LogP) is 3.57. The van der Waals surface area contributed by atoms with Gasteiger partial charge in [-0.05, 0) is 49.9 Å². The Hall–Kier alpha value is -4.56. The molecule has 2 aromatic rings. The minimum Gasteiger partial charge on any atom is -0.386 e. The van der Waals surface area contributed by atoms with Crippen molar-refractivity contribution in [3.05, 3.63) is 63.3 Å². The van der Waals surface area contributed by atoms with Gasteiger partial charge in [0.1, 0.15) is 5.82 Å². The van der Waals surface area contributed by atoms with Crippen molar-refractivity contribution in [2.45, 2.75) is 58.2 Å². The maximum Gasteiger partial charge on any atom is 0.491 e. The highest BCUT2D eigenvalue weighted by molar-refractivity contribution is 5.89. The van der Waals surface area contributed by atoms with E-state index in [1.807, 2.05) is 19.1 Å². The number of alkyl halides is 3. The van der Waals surface area contributed by atoms with Crippen LogP contribution in [0.5, 0.6) is 0 Å². The van der Waals surface area contributed by atoms with Crippen LogP contribution < -0.4 is 16.0 Å². The molecule has 0 aliphatic heterocycles. The number of amides is 2. The Labute approximate surface area is 233 Å². The van der Waals surface area contributed by atoms with E-state index in [0.717, 1.165) is 30.3 Å². The first-order valence-corrected chi connectivity index (χ1v) is 12.6. The molecule has 41 heavy (non-hydrogen) atoms. The van der Waals surface area contributed by atoms with Crippen molar-refractivity contribution in [1.82, 2.24) is 15.6 Å². The number of aryl methyl sites for hydroxylation is 2. The summed E-state index contributed by atoms with van der Waals surface area (Å²) in [7, 11) is 0. The highest BCUT2D eigenvalue weighted by atomic mass is 19.4. The minimum atomic E-state index is -5.42. The molecule has 1 unspecified atom stereocenters. The Bertz CT molecular complexity index is 1270. The average molecular weight is 582 g/mol. The Morgan fingerprint density at radius 2 is 1.78 bits per heavy atom. The highest BCUT2D eigenvalue weighted by Crippen LogP contribution is 2.26. The number of anilines is 1. The Balaban J connectivity index is 1.88. The number of pyridine rings is 1. The fourth-order valence-corrected chi connectivity index (χ4v) is 3.61. The number of nitrogens with zero attached hydrogens (tertiary/aromatic N) is 2. The molecule has 2 rings (SSSR count). The number of carbonyl (C=O) groups excluding carboxylic acids is 4. The lowest BCUT2D eigenvalue weighted by molar-refractivity contribution is -0.385. The van der Waals surface area contributed by atoms with Gasteiger partial charge in [0.15, 0.2) is 0 Å². The summed E-state index contributed by atoms with van der Waals surface area (Å²) in [6.07, 6.45) is -2.47. The quantitative estimate of drug-likeness (QED) is 0.0992. The maximum atomic E-state index is 12.5. The highest BCUT2D eigenvalue weighted by Gasteiger charge is 2.42. The van der Waals surface area contributed by atoms with Crippen LogP contribution in [-0.2, 0) is 23.9 Å². The van der Waals surface area contributed by atoms with Crippen LogP contribution in [0.3, 0.4) is 0 Å². The molecule has 222 valence electrons. The molecule has 0 saturated heterocycles. The van der Waals surface area contributed by atoms with Gasteiger partial charge in [-0.15, -0.1) is 0 Å². The summed E-state index contributed by atoms with van der Waals surface area (Å²) >= 11 is 0. The van der Waals surface area contributed by atoms with Crippen LogP contribution in [0.1, 0.15) is 54.8 Å². The molecule has 3 N–H and O–H groups in total. The van der Waals surface area contributed by atoms with Gasteiger partial charge in [0.05, 0.1) is 23.9 Å². The second-order valence-corrected chi connectivity index (χ2v) is 9.12. The molecule has 0 spiro atoms. The molecule has 0 fully saturated rings. The van der Waals surface area contributed by atoms with Crippen LogP contribution in [0.4, 0.5) is 24.7 Å². The summed E-state index contributed by atoms with van der Waals surface area (Å²) in [4.78, 5) is 62.4. The number of nitro benzene ring substituents is 1. The largest absolute Gasteiger partial charge is 0.491 e. The lowest BCUT2D eigenvalue weighted by Crippen LogP contribution is -2.39. The molecule has 0 aliphatic rings. The number of hydrogen-bond donors (Lipinski definition) is 3. The number of unbranched alkanes of at least 4 members (excludes halogenated alkanes) is 2. The second kappa shape index (κ2) is 15.3. The van der Waals surface area contributed by atoms with Crippen molar-refractivity contribution in [3.8, 4) is 0 Å². The van der Waals surface area contributed by atoms with Gasteiger partial charge >= 0.3 is 18.1 Å². The van der Waals surface area contributed by atoms with Crippen LogP contribution in [0.25, 0.3) is 0 Å². The molecule has 0 radical (unpaired) electrons. The summed E-state index contributed by atoms with van der Waals surface area (Å²) in [6.45, 7) is 3.53. The Morgan fingerprint density at radius 3 is 2.44 bits per heavy atom. The first kappa shape index (κ1) is 32.7. The van der Waals surface area contributed by atoms with Crippen LogP contribution in [0, 0.1) is 24.0 Å². The molecule has 12 nitrogen and oxygen atoms in total. The SMILES string of the molecule is Cc1ccnc(NCCCCCC(=O)NCC(=O)NC(CC(=O)OC(=O)C(F)(F)F)c2ccc(C)c([N+](=O)[O-])c2)c1. The van der Waals surface area contributed by atoms with Crippen molar-refractivity contribution in [3.63, 3.8) is 0 Å². The fourth-order valence-electron chi connectivity index (χ4n) is 3.61. The first-order chi connectivity index (χ1) is 19.3. The third-order valence-electron chi connectivity index (χ3n) is 5.72. The van der Waals surface area contributed by atoms with Crippen LogP contribution in [0.2, 0.25) is 0 Å². The van der Waals surface area contributed by atoms with Crippen LogP contribution in [0.15, 0.2) is 36.5 Å². The molecular formula is C26H30F3N5O7. The molecule has 1 heterocycles. The molecule has 0 aliphatic carbocycles. The maximum absolute atomic E-state index is 12.5. The standard InChI is InChI=1S/C26H30F3N5O7/c1-16-9-11-31-21(12-16)30-10-5-3-4-6-22(35)32-15-23(36)33-19(14-24(37)41-25(38)26(27,28)29)18-8-7-17(2)20(13-18)34(39)40/h7-9,11-13,19H,3-6,10,14-15H2,1-2H3,(H,30,31)(H,32,35)(H,33,36). The van der Waals surface area contributed by atoms with E-state index in [0.29, 0.717) is 13.0 Å². The topological polar surface area (TPSA) is 170 Å². The van der Waals surface area contributed by atoms with E-state index in [4.69, 9.17) is 0 Å². The minimum absolute atomic E-state index is 0.00727. The van der Waals surface area contributed by atoms with Crippen molar-refractivity contribution in [2.75, 3.05) is 18.4 Å². The normalized spacial score (nSPS) is 11.7. The molecular weight excluding hydrogens is 551 g/mol. The zero-order valence-electron chi connectivity index (χ0n) is 22.4. The zero-order valence-corrected chi connectivity index (χ0v) is 22.4. The van der Waals surface area contributed by atoms with Gasteiger partial charge in [-0.2, -0.15) is 13.2 Å². The van der Waals surface area contributed by atoms with E-state index in [-0.39, 0.29) is 23.2 Å². The zero-order chi connectivity index (χ0) is 30.6. The summed E-state index contributed by atoms with van der Waals surface area (Å²) in [5.41, 5.74) is 0.979. The number of ether oxygens (including phenoxy) is 1. The van der Waals surface area contributed by atoms with Gasteiger partial charge in [-0.3, -0.25) is 24.5 Å². The van der Waals surface area contributed by atoms with Gasteiger partial charge < -0.3 is 20.7 Å². The molecule has 15 heteroatoms. The number of benzene rings is 1. The van der Waals surface area contributed by atoms with E-state index in [9.17, 15) is 42.5 Å². The fraction of sp³-hybridized carbons (Fsp3) is 0.423. The molecule has 0 bridgehead atoms. The summed E-state index contributed by atoms with van der Waals surface area (Å²) in [5, 5.41) is 19.2.